The van der Waals surface area contributed by atoms with Crippen molar-refractivity contribution in [3.05, 3.63) is 11.6 Å². The number of ketones is 1. The van der Waals surface area contributed by atoms with E-state index >= 15 is 0 Å². The van der Waals surface area contributed by atoms with Gasteiger partial charge in [0.2, 0.25) is 0 Å². The maximum Gasteiger partial charge on any atom is 0.185 e. The average Bonchev–Trinajstić information content (AvgIpc) is 2.87. The van der Waals surface area contributed by atoms with Crippen LogP contribution in [0.25, 0.3) is 0 Å². The third kappa shape index (κ3) is 2.72. The second kappa shape index (κ2) is 6.04. The first-order valence-corrected chi connectivity index (χ1v) is 14.3. The smallest absolute Gasteiger partial charge is 0.185 e. The Bertz CT molecular complexity index is 732. The summed E-state index contributed by atoms with van der Waals surface area (Å²) >= 11 is 0. The molecule has 0 aromatic heterocycles. The summed E-state index contributed by atoms with van der Waals surface area (Å²) in [7, 11) is -1.80. The van der Waals surface area contributed by atoms with Gasteiger partial charge in [-0.25, -0.2) is 0 Å². The van der Waals surface area contributed by atoms with Crippen molar-refractivity contribution in [2.45, 2.75) is 90.5 Å². The molecule has 0 saturated heterocycles. The van der Waals surface area contributed by atoms with E-state index in [1.807, 2.05) is 6.08 Å². The molecule has 0 aromatic carbocycles. The Hall–Kier alpha value is -0.923. The second-order valence-corrected chi connectivity index (χ2v) is 15.5. The minimum atomic E-state index is -1.80. The first-order valence-electron chi connectivity index (χ1n) is 10.9. The van der Waals surface area contributed by atoms with Crippen molar-refractivity contribution in [1.29, 1.82) is 5.26 Å². The van der Waals surface area contributed by atoms with Gasteiger partial charge in [-0.1, -0.05) is 19.4 Å². The molecule has 0 radical (unpaired) electrons. The highest BCUT2D eigenvalue weighted by atomic mass is 28.4. The number of carbonyl (C=O) groups is 1. The molecule has 0 bridgehead atoms. The Morgan fingerprint density at radius 2 is 1.78 bits per heavy atom. The fraction of sp³-hybridized carbons (Fsp3) is 0.826. The van der Waals surface area contributed by atoms with E-state index in [9.17, 15) is 10.1 Å². The van der Waals surface area contributed by atoms with Crippen molar-refractivity contribution in [2.24, 2.45) is 28.6 Å². The molecule has 2 unspecified atom stereocenters. The largest absolute Gasteiger partial charge is 0.399 e. The highest BCUT2D eigenvalue weighted by Gasteiger charge is 2.66. The molecule has 4 aliphatic carbocycles. The van der Waals surface area contributed by atoms with Crippen molar-refractivity contribution < 1.29 is 9.22 Å². The van der Waals surface area contributed by atoms with Crippen LogP contribution >= 0.6 is 0 Å². The van der Waals surface area contributed by atoms with Crippen LogP contribution in [0.2, 0.25) is 19.6 Å². The van der Waals surface area contributed by atoms with Crippen molar-refractivity contribution in [1.82, 2.24) is 0 Å². The number of hydrogen-bond donors (Lipinski definition) is 0. The van der Waals surface area contributed by atoms with Gasteiger partial charge in [0.25, 0.3) is 0 Å². The van der Waals surface area contributed by atoms with Crippen LogP contribution in [0.4, 0.5) is 0 Å². The van der Waals surface area contributed by atoms with Gasteiger partial charge in [-0.15, -0.1) is 0 Å². The Morgan fingerprint density at radius 1 is 1.07 bits per heavy atom. The number of rotatable bonds is 2. The Morgan fingerprint density at radius 3 is 2.44 bits per heavy atom. The standard InChI is InChI=1S/C23H35NO2Si/c1-21-11-8-17(25)14-16(21)6-7-18-19(21)9-12-22(2)20(18)10-13-23(22,15-24)26-27(3,4)5/h14,18-20H,6-13H2,1-5H3/t18-,19?,20?,21+,22+,23+/m1/s1. The number of carbonyl (C=O) groups excluding carboxylic acids is 1. The van der Waals surface area contributed by atoms with Gasteiger partial charge in [-0.2, -0.15) is 5.26 Å². The summed E-state index contributed by atoms with van der Waals surface area (Å²) in [6.07, 6.45) is 10.3. The molecule has 148 valence electrons. The number of fused-ring (bicyclic) bond motifs is 5. The molecule has 3 nitrogen and oxygen atoms in total. The quantitative estimate of drug-likeness (QED) is 0.579. The van der Waals surface area contributed by atoms with E-state index in [1.54, 1.807) is 0 Å². The third-order valence-corrected chi connectivity index (χ3v) is 9.70. The number of allylic oxidation sites excluding steroid dienone is 1. The maximum atomic E-state index is 12.0. The molecule has 4 heteroatoms. The summed E-state index contributed by atoms with van der Waals surface area (Å²) in [5, 5.41) is 10.2. The molecule has 6 atom stereocenters. The first kappa shape index (κ1) is 19.4. The van der Waals surface area contributed by atoms with E-state index < -0.39 is 13.9 Å². The van der Waals surface area contributed by atoms with E-state index in [2.05, 4.69) is 39.6 Å². The highest BCUT2D eigenvalue weighted by molar-refractivity contribution is 6.69. The summed E-state index contributed by atoms with van der Waals surface area (Å²) in [6.45, 7) is 11.4. The van der Waals surface area contributed by atoms with E-state index in [0.29, 0.717) is 30.0 Å². The van der Waals surface area contributed by atoms with Crippen molar-refractivity contribution >= 4 is 14.1 Å². The molecule has 0 spiro atoms. The number of nitrogens with zero attached hydrogens (tertiary/aromatic N) is 1. The molecule has 0 aromatic rings. The lowest BCUT2D eigenvalue weighted by molar-refractivity contribution is -0.118. The maximum absolute atomic E-state index is 12.0. The fourth-order valence-electron chi connectivity index (χ4n) is 7.45. The van der Waals surface area contributed by atoms with Crippen LogP contribution in [0, 0.1) is 39.9 Å². The predicted molar refractivity (Wildman–Crippen MR) is 109 cm³/mol. The minimum Gasteiger partial charge on any atom is -0.399 e. The molecule has 0 heterocycles. The summed E-state index contributed by atoms with van der Waals surface area (Å²) in [5.41, 5.74) is 1.01. The zero-order valence-corrected chi connectivity index (χ0v) is 18.7. The zero-order valence-electron chi connectivity index (χ0n) is 17.7. The van der Waals surface area contributed by atoms with E-state index in [0.717, 1.165) is 32.1 Å². The normalized spacial score (nSPS) is 46.7. The topological polar surface area (TPSA) is 50.1 Å². The van der Waals surface area contributed by atoms with E-state index in [-0.39, 0.29) is 10.8 Å². The summed E-state index contributed by atoms with van der Waals surface area (Å²) in [4.78, 5) is 12.0. The highest BCUT2D eigenvalue weighted by Crippen LogP contribution is 2.68. The van der Waals surface area contributed by atoms with Crippen LogP contribution in [-0.2, 0) is 9.22 Å². The predicted octanol–water partition coefficient (Wildman–Crippen LogP) is 5.63. The van der Waals surface area contributed by atoms with Crippen molar-refractivity contribution in [3.63, 3.8) is 0 Å². The summed E-state index contributed by atoms with van der Waals surface area (Å²) < 4.78 is 6.66. The third-order valence-electron chi connectivity index (χ3n) is 8.74. The Kier molecular flexibility index (Phi) is 4.34. The van der Waals surface area contributed by atoms with Gasteiger partial charge in [0.05, 0.1) is 6.07 Å². The van der Waals surface area contributed by atoms with Crippen molar-refractivity contribution in [3.8, 4) is 6.07 Å². The molecule has 3 saturated carbocycles. The van der Waals surface area contributed by atoms with E-state index in [4.69, 9.17) is 4.43 Å². The van der Waals surface area contributed by atoms with Gasteiger partial charge in [0, 0.05) is 11.8 Å². The number of hydrogen-bond acceptors (Lipinski definition) is 3. The van der Waals surface area contributed by atoms with Crippen LogP contribution in [-0.4, -0.2) is 19.7 Å². The molecule has 27 heavy (non-hydrogen) atoms. The van der Waals surface area contributed by atoms with Gasteiger partial charge in [-0.3, -0.25) is 4.79 Å². The molecule has 0 N–H and O–H groups in total. The van der Waals surface area contributed by atoms with Gasteiger partial charge < -0.3 is 4.43 Å². The van der Waals surface area contributed by atoms with Crippen LogP contribution in [0.3, 0.4) is 0 Å². The Balaban J connectivity index is 1.68. The molecular weight excluding hydrogens is 350 g/mol. The summed E-state index contributed by atoms with van der Waals surface area (Å²) in [6, 6.07) is 2.70. The van der Waals surface area contributed by atoms with Gasteiger partial charge in [-0.05, 0) is 93.8 Å². The lowest BCUT2D eigenvalue weighted by atomic mass is 9.46. The van der Waals surface area contributed by atoms with Gasteiger partial charge in [0.15, 0.2) is 14.1 Å². The minimum absolute atomic E-state index is 0.0226. The molecular formula is C23H35NO2Si. The monoisotopic (exact) mass is 385 g/mol. The zero-order chi connectivity index (χ0) is 19.7. The first-order chi connectivity index (χ1) is 12.5. The molecule has 0 aliphatic heterocycles. The fourth-order valence-corrected chi connectivity index (χ4v) is 8.88. The van der Waals surface area contributed by atoms with Crippen molar-refractivity contribution in [2.75, 3.05) is 0 Å². The van der Waals surface area contributed by atoms with Crippen LogP contribution in [0.1, 0.15) is 65.2 Å². The molecule has 4 rings (SSSR count). The average molecular weight is 386 g/mol. The van der Waals surface area contributed by atoms with Gasteiger partial charge >= 0.3 is 0 Å². The SMILES string of the molecule is C[C@]12CCC(=O)C=C1CC[C@@H]1C2CC[C@@]2(C)C1CC[C@@]2(C#N)O[Si](C)(C)C. The lowest BCUT2D eigenvalue weighted by Crippen LogP contribution is -2.57. The Labute approximate surface area is 165 Å². The lowest BCUT2D eigenvalue weighted by Gasteiger charge is -2.59. The molecule has 3 fully saturated rings. The van der Waals surface area contributed by atoms with Crippen LogP contribution in [0.15, 0.2) is 11.6 Å². The number of nitriles is 1. The van der Waals surface area contributed by atoms with E-state index in [1.165, 1.54) is 18.4 Å². The van der Waals surface area contributed by atoms with Crippen LogP contribution in [0.5, 0.6) is 0 Å². The summed E-state index contributed by atoms with van der Waals surface area (Å²) in [5.74, 6) is 2.27. The molecule has 0 amide bonds. The van der Waals surface area contributed by atoms with Crippen LogP contribution < -0.4 is 0 Å². The second-order valence-electron chi connectivity index (χ2n) is 11.1. The van der Waals surface area contributed by atoms with Gasteiger partial charge in [0.1, 0.15) is 5.60 Å². The molecule has 4 aliphatic rings.